The number of hydrogen-bond donors (Lipinski definition) is 1. The number of carbonyl (C=O) groups is 1. The zero-order chi connectivity index (χ0) is 11.7. The van der Waals surface area contributed by atoms with Crippen LogP contribution in [0.5, 0.6) is 0 Å². The third-order valence-electron chi connectivity index (χ3n) is 3.41. The van der Waals surface area contributed by atoms with E-state index in [-0.39, 0.29) is 0 Å². The van der Waals surface area contributed by atoms with E-state index in [1.807, 2.05) is 6.07 Å². The lowest BCUT2D eigenvalue weighted by atomic mass is 10.1. The van der Waals surface area contributed by atoms with Crippen molar-refractivity contribution in [2.24, 2.45) is 0 Å². The topological polar surface area (TPSA) is 49.0 Å². The van der Waals surface area contributed by atoms with E-state index in [1.54, 1.807) is 0 Å². The van der Waals surface area contributed by atoms with Gasteiger partial charge in [-0.2, -0.15) is 5.10 Å². The van der Waals surface area contributed by atoms with Crippen LogP contribution in [-0.4, -0.2) is 29.6 Å². The lowest BCUT2D eigenvalue weighted by Gasteiger charge is -2.28. The second kappa shape index (κ2) is 4.20. The molecule has 4 heteroatoms. The van der Waals surface area contributed by atoms with Gasteiger partial charge in [0.25, 0.3) is 0 Å². The van der Waals surface area contributed by atoms with Crippen LogP contribution < -0.4 is 4.90 Å². The maximum atomic E-state index is 10.9. The third kappa shape index (κ3) is 1.79. The van der Waals surface area contributed by atoms with Crippen LogP contribution in [0.1, 0.15) is 29.8 Å². The summed E-state index contributed by atoms with van der Waals surface area (Å²) in [6.45, 7) is 2.22. The number of aromatic amines is 1. The molecule has 88 valence electrons. The fourth-order valence-electron chi connectivity index (χ4n) is 2.46. The van der Waals surface area contributed by atoms with Crippen molar-refractivity contribution in [1.29, 1.82) is 0 Å². The van der Waals surface area contributed by atoms with Crippen LogP contribution in [0, 0.1) is 0 Å². The molecule has 1 N–H and O–H groups in total. The number of hydrogen-bond acceptors (Lipinski definition) is 3. The van der Waals surface area contributed by atoms with Gasteiger partial charge in [0, 0.05) is 24.2 Å². The van der Waals surface area contributed by atoms with Crippen LogP contribution in [0.2, 0.25) is 0 Å². The molecule has 1 saturated heterocycles. The Bertz CT molecular complexity index is 541. The van der Waals surface area contributed by atoms with Crippen LogP contribution in [0.15, 0.2) is 18.2 Å². The molecule has 0 atom stereocenters. The highest BCUT2D eigenvalue weighted by atomic mass is 16.1. The summed E-state index contributed by atoms with van der Waals surface area (Å²) in [7, 11) is 0. The summed E-state index contributed by atoms with van der Waals surface area (Å²) in [4.78, 5) is 13.3. The lowest BCUT2D eigenvalue weighted by molar-refractivity contribution is 0.112. The van der Waals surface area contributed by atoms with Crippen molar-refractivity contribution < 1.29 is 4.79 Å². The number of anilines is 1. The largest absolute Gasteiger partial charge is 0.372 e. The van der Waals surface area contributed by atoms with Crippen LogP contribution in [0.3, 0.4) is 0 Å². The predicted molar refractivity (Wildman–Crippen MR) is 67.5 cm³/mol. The molecule has 17 heavy (non-hydrogen) atoms. The molecule has 0 saturated carbocycles. The van der Waals surface area contributed by atoms with E-state index in [1.165, 1.54) is 24.9 Å². The summed E-state index contributed by atoms with van der Waals surface area (Å²) >= 11 is 0. The SMILES string of the molecule is O=Cc1[nH]nc2ccc(N3CCCCC3)cc12. The van der Waals surface area contributed by atoms with Crippen LogP contribution in [-0.2, 0) is 0 Å². The van der Waals surface area contributed by atoms with Gasteiger partial charge < -0.3 is 4.90 Å². The molecule has 1 aromatic carbocycles. The van der Waals surface area contributed by atoms with E-state index in [4.69, 9.17) is 0 Å². The molecule has 1 aromatic heterocycles. The highest BCUT2D eigenvalue weighted by Crippen LogP contribution is 2.25. The van der Waals surface area contributed by atoms with Gasteiger partial charge in [-0.3, -0.25) is 9.89 Å². The second-order valence-corrected chi connectivity index (χ2v) is 4.50. The molecule has 0 aliphatic carbocycles. The van der Waals surface area contributed by atoms with Crippen molar-refractivity contribution in [1.82, 2.24) is 10.2 Å². The molecular formula is C13H15N3O. The van der Waals surface area contributed by atoms with Gasteiger partial charge in [-0.1, -0.05) is 0 Å². The van der Waals surface area contributed by atoms with Gasteiger partial charge in [0.1, 0.15) is 5.69 Å². The molecule has 2 aromatic rings. The molecular weight excluding hydrogens is 214 g/mol. The van der Waals surface area contributed by atoms with Gasteiger partial charge in [0.2, 0.25) is 0 Å². The number of nitrogens with zero attached hydrogens (tertiary/aromatic N) is 2. The first-order valence-corrected chi connectivity index (χ1v) is 6.07. The van der Waals surface area contributed by atoms with E-state index in [9.17, 15) is 4.79 Å². The molecule has 0 radical (unpaired) electrons. The quantitative estimate of drug-likeness (QED) is 0.804. The molecule has 0 amide bonds. The summed E-state index contributed by atoms with van der Waals surface area (Å²) < 4.78 is 0. The summed E-state index contributed by atoms with van der Waals surface area (Å²) in [5.74, 6) is 0. The van der Waals surface area contributed by atoms with Crippen LogP contribution >= 0.6 is 0 Å². The minimum absolute atomic E-state index is 0.568. The fourth-order valence-corrected chi connectivity index (χ4v) is 2.46. The summed E-state index contributed by atoms with van der Waals surface area (Å²) in [5.41, 5.74) is 2.62. The molecule has 3 rings (SSSR count). The second-order valence-electron chi connectivity index (χ2n) is 4.50. The zero-order valence-electron chi connectivity index (χ0n) is 9.65. The minimum Gasteiger partial charge on any atom is -0.372 e. The summed E-state index contributed by atoms with van der Waals surface area (Å²) in [6.07, 6.45) is 4.66. The maximum Gasteiger partial charge on any atom is 0.168 e. The Morgan fingerprint density at radius 1 is 1.24 bits per heavy atom. The maximum absolute atomic E-state index is 10.9. The average molecular weight is 229 g/mol. The van der Waals surface area contributed by atoms with E-state index in [0.29, 0.717) is 5.69 Å². The first-order valence-electron chi connectivity index (χ1n) is 6.07. The van der Waals surface area contributed by atoms with Gasteiger partial charge in [0.15, 0.2) is 6.29 Å². The highest BCUT2D eigenvalue weighted by molar-refractivity contribution is 5.96. The van der Waals surface area contributed by atoms with Crippen molar-refractivity contribution >= 4 is 22.9 Å². The Hall–Kier alpha value is -1.84. The Balaban J connectivity index is 2.01. The number of nitrogens with one attached hydrogen (secondary N) is 1. The molecule has 0 unspecified atom stereocenters. The normalized spacial score (nSPS) is 16.4. The first kappa shape index (κ1) is 10.3. The standard InChI is InChI=1S/C13H15N3O/c17-9-13-11-8-10(4-5-12(11)14-15-13)16-6-2-1-3-7-16/h4-5,8-9H,1-3,6-7H2,(H,14,15). The van der Waals surface area contributed by atoms with Gasteiger partial charge in [-0.25, -0.2) is 0 Å². The summed E-state index contributed by atoms with van der Waals surface area (Å²) in [6, 6.07) is 6.12. The van der Waals surface area contributed by atoms with Gasteiger partial charge in [0.05, 0.1) is 5.52 Å². The number of H-pyrrole nitrogens is 1. The summed E-state index contributed by atoms with van der Waals surface area (Å²) in [5, 5.41) is 7.78. The Morgan fingerprint density at radius 3 is 2.82 bits per heavy atom. The number of piperidine rings is 1. The average Bonchev–Trinajstić information content (AvgIpc) is 2.81. The molecule has 1 aliphatic heterocycles. The highest BCUT2D eigenvalue weighted by Gasteiger charge is 2.12. The smallest absolute Gasteiger partial charge is 0.168 e. The van der Waals surface area contributed by atoms with Gasteiger partial charge in [-0.15, -0.1) is 0 Å². The van der Waals surface area contributed by atoms with Crippen LogP contribution in [0.4, 0.5) is 5.69 Å². The van der Waals surface area contributed by atoms with Crippen LogP contribution in [0.25, 0.3) is 10.9 Å². The molecule has 2 heterocycles. The van der Waals surface area contributed by atoms with Crippen molar-refractivity contribution in [2.75, 3.05) is 18.0 Å². The monoisotopic (exact) mass is 229 g/mol. The van der Waals surface area contributed by atoms with Gasteiger partial charge in [-0.05, 0) is 37.5 Å². The van der Waals surface area contributed by atoms with E-state index in [2.05, 4.69) is 27.2 Å². The number of rotatable bonds is 2. The molecule has 0 bridgehead atoms. The molecule has 1 aliphatic rings. The van der Waals surface area contributed by atoms with E-state index in [0.717, 1.165) is 30.3 Å². The number of benzene rings is 1. The molecule has 4 nitrogen and oxygen atoms in total. The van der Waals surface area contributed by atoms with Crippen molar-refractivity contribution in [2.45, 2.75) is 19.3 Å². The molecule has 1 fully saturated rings. The van der Waals surface area contributed by atoms with Crippen molar-refractivity contribution in [3.63, 3.8) is 0 Å². The van der Waals surface area contributed by atoms with E-state index < -0.39 is 0 Å². The number of aromatic nitrogens is 2. The fraction of sp³-hybridized carbons (Fsp3) is 0.385. The number of fused-ring (bicyclic) bond motifs is 1. The number of carbonyl (C=O) groups excluding carboxylic acids is 1. The third-order valence-corrected chi connectivity index (χ3v) is 3.41. The molecule has 0 spiro atoms. The Labute approximate surface area is 99.6 Å². The zero-order valence-corrected chi connectivity index (χ0v) is 9.65. The Kier molecular flexibility index (Phi) is 2.55. The number of aldehydes is 1. The van der Waals surface area contributed by atoms with Crippen molar-refractivity contribution in [3.8, 4) is 0 Å². The minimum atomic E-state index is 0.568. The lowest BCUT2D eigenvalue weighted by Crippen LogP contribution is -2.29. The van der Waals surface area contributed by atoms with Gasteiger partial charge >= 0.3 is 0 Å². The first-order chi connectivity index (χ1) is 8.38. The Morgan fingerprint density at radius 2 is 2.06 bits per heavy atom. The predicted octanol–water partition coefficient (Wildman–Crippen LogP) is 2.37. The van der Waals surface area contributed by atoms with E-state index >= 15 is 0 Å². The van der Waals surface area contributed by atoms with Crippen molar-refractivity contribution in [3.05, 3.63) is 23.9 Å².